The Morgan fingerprint density at radius 3 is 1.13 bits per heavy atom. The van der Waals surface area contributed by atoms with Gasteiger partial charge in [-0.15, -0.1) is 11.6 Å². The second kappa shape index (κ2) is 29.7. The van der Waals surface area contributed by atoms with Gasteiger partial charge in [0.25, 0.3) is 0 Å². The average molecular weight is 1390 g/mol. The lowest BCUT2D eigenvalue weighted by atomic mass is 9.62. The van der Waals surface area contributed by atoms with Gasteiger partial charge in [0, 0.05) is 30.4 Å². The molecule has 558 valence electrons. The predicted octanol–water partition coefficient (Wildman–Crippen LogP) is 19.4. The Hall–Kier alpha value is -1.91. The second-order valence-electron chi connectivity index (χ2n) is 41.1. The van der Waals surface area contributed by atoms with E-state index in [4.69, 9.17) is 32.3 Å². The van der Waals surface area contributed by atoms with Gasteiger partial charge in [-0.1, -0.05) is 111 Å². The molecule has 0 saturated heterocycles. The van der Waals surface area contributed by atoms with Crippen LogP contribution in [0, 0.1) is 295 Å². The summed E-state index contributed by atoms with van der Waals surface area (Å²) in [5, 5.41) is 64.7. The smallest absolute Gasteiger partial charge is 0.306 e. The molecule has 10 heteroatoms. The zero-order chi connectivity index (χ0) is 71.1. The van der Waals surface area contributed by atoms with Crippen molar-refractivity contribution in [2.75, 3.05) is 13.2 Å². The van der Waals surface area contributed by atoms with Gasteiger partial charge < -0.3 is 25.5 Å². The molecule has 20 fully saturated rings. The van der Waals surface area contributed by atoms with Crippen LogP contribution in [0.5, 0.6) is 0 Å². The number of aliphatic carboxylic acids is 2. The molecule has 18 bridgehead atoms. The molecule has 0 aliphatic heterocycles. The standard InChI is InChI=1S/C15H22O2.C13H19N.C13H22O.C10H15N.C10H16O2.C10H18O.C9H15Cl.C9H16O/c1-6-7(2)10-5-9(6)13-8-3-11(14(10)13)12(4-8)15(16)17;2*1-7-3-12-11-5-9(4-10(11)6-14)13(12)8(7)2;1-6-7(2)10-4-8(6)3-9(10)5-11;1-5-6(2)8-3-7(5)4-9(8)10(11)12;1-6-7(2)10-4-8(6)3-9(10)5-11;2*1-5-6(2)8-3-7(5)4-9(8)10/h6-14H,3-5H2,1-2H3,(H,16,17);7-13H,3-5H2,1-2H3;7-14H,3-6H2,1-2H3;6-10H,3-4H2,1-2H3;5-9H,3-4H2,1-2H3,(H,11,12);6-11H,3-5H2,1-2H3;5-9H,3-4H2,1-2H3;5-10H,3-4H2,1-2H3. The van der Waals surface area contributed by atoms with E-state index in [2.05, 4.69) is 123 Å². The summed E-state index contributed by atoms with van der Waals surface area (Å²) in [5.74, 6) is 34.9. The number of nitriles is 2. The van der Waals surface area contributed by atoms with Crippen molar-refractivity contribution in [3.05, 3.63) is 0 Å². The number of rotatable bonds is 4. The fourth-order valence-electron chi connectivity index (χ4n) is 31.8. The van der Waals surface area contributed by atoms with Crippen LogP contribution in [-0.4, -0.2) is 62.2 Å². The summed E-state index contributed by atoms with van der Waals surface area (Å²) in [4.78, 5) is 22.2. The van der Waals surface area contributed by atoms with E-state index in [0.717, 1.165) is 226 Å². The Kier molecular flexibility index (Phi) is 22.6. The quantitative estimate of drug-likeness (QED) is 0.135. The van der Waals surface area contributed by atoms with Crippen molar-refractivity contribution < 1.29 is 35.1 Å². The number of halogens is 1. The first-order chi connectivity index (χ1) is 47.0. The van der Waals surface area contributed by atoms with Crippen molar-refractivity contribution >= 4 is 23.5 Å². The van der Waals surface area contributed by atoms with Gasteiger partial charge in [-0.2, -0.15) is 10.5 Å². The third kappa shape index (κ3) is 13.2. The van der Waals surface area contributed by atoms with Crippen molar-refractivity contribution in [2.45, 2.75) is 244 Å². The van der Waals surface area contributed by atoms with E-state index in [1.165, 1.54) is 103 Å². The summed E-state index contributed by atoms with van der Waals surface area (Å²) in [6.07, 6.45) is 24.3. The molecule has 9 nitrogen and oxygen atoms in total. The third-order valence-electron chi connectivity index (χ3n) is 38.7. The number of alkyl halides is 1. The van der Waals surface area contributed by atoms with Crippen molar-refractivity contribution in [1.82, 2.24) is 0 Å². The molecule has 0 amide bonds. The normalized spacial score (nSPS) is 58.4. The highest BCUT2D eigenvalue weighted by Crippen LogP contribution is 2.72. The fourth-order valence-corrected chi connectivity index (χ4v) is 32.4. The summed E-state index contributed by atoms with van der Waals surface area (Å²) < 4.78 is 0. The predicted molar refractivity (Wildman–Crippen MR) is 395 cm³/mol. The summed E-state index contributed by atoms with van der Waals surface area (Å²) >= 11 is 6.17. The Morgan fingerprint density at radius 2 is 0.667 bits per heavy atom. The molecule has 48 atom stereocenters. The fraction of sp³-hybridized carbons (Fsp3) is 0.955. The van der Waals surface area contributed by atoms with Gasteiger partial charge in [-0.25, -0.2) is 0 Å². The molecule has 0 aromatic rings. The lowest BCUT2D eigenvalue weighted by Gasteiger charge is -2.42. The zero-order valence-electron chi connectivity index (χ0n) is 64.9. The van der Waals surface area contributed by atoms with Crippen molar-refractivity contribution in [2.24, 2.45) is 272 Å². The third-order valence-corrected chi connectivity index (χ3v) is 39.2. The first kappa shape index (κ1) is 75.3. The van der Waals surface area contributed by atoms with Crippen LogP contribution in [0.1, 0.15) is 233 Å². The minimum atomic E-state index is -0.568. The molecular formula is C89H143ClN2O7. The largest absolute Gasteiger partial charge is 0.481 e. The van der Waals surface area contributed by atoms with Crippen LogP contribution in [0.2, 0.25) is 0 Å². The Bertz CT molecular complexity index is 2840. The maximum Gasteiger partial charge on any atom is 0.306 e. The Labute approximate surface area is 607 Å². The summed E-state index contributed by atoms with van der Waals surface area (Å²) in [7, 11) is 0. The van der Waals surface area contributed by atoms with E-state index in [1.54, 1.807) is 0 Å². The molecule has 20 aliphatic carbocycles. The molecule has 0 spiro atoms. The number of carboxylic acid groups (broad SMARTS) is 2. The molecule has 0 aromatic carbocycles. The number of carbonyl (C=O) groups is 2. The number of aliphatic hydroxyl groups excluding tert-OH is 3. The second-order valence-corrected chi connectivity index (χ2v) is 41.7. The lowest BCUT2D eigenvalue weighted by Crippen LogP contribution is -2.40. The first-order valence-corrected chi connectivity index (χ1v) is 43.2. The highest BCUT2D eigenvalue weighted by molar-refractivity contribution is 6.21. The maximum absolute atomic E-state index is 11.3. The van der Waals surface area contributed by atoms with Gasteiger partial charge in [0.1, 0.15) is 0 Å². The Balaban J connectivity index is 0.000000102. The highest BCUT2D eigenvalue weighted by Gasteiger charge is 2.67. The molecule has 5 N–H and O–H groups in total. The number of carboxylic acids is 2. The van der Waals surface area contributed by atoms with Gasteiger partial charge in [-0.05, 0) is 371 Å². The SMILES string of the molecule is CC1C(C)C2CC1C1C3CC(C(=O)O)C(C3)C21.CC1C2CC(C#N)C(C2)C1C.CC1C2CC(C(=O)O)C(C2)C1C.CC1C2CC(CO)C(C2)C1C.CC1C2CC(Cl)C(C2)C1C.CC1C2CC(O)C(C2)C1C.CC1CC2C3CC(CC3C#N)C2C1C.CC1CC2C3CC(CC3CO)C2C1C. The molecule has 20 saturated carbocycles. The van der Waals surface area contributed by atoms with Gasteiger partial charge in [0.15, 0.2) is 0 Å². The van der Waals surface area contributed by atoms with Crippen LogP contribution < -0.4 is 0 Å². The first-order valence-electron chi connectivity index (χ1n) is 42.8. The zero-order valence-corrected chi connectivity index (χ0v) is 65.6. The highest BCUT2D eigenvalue weighted by atomic mass is 35.5. The van der Waals surface area contributed by atoms with E-state index >= 15 is 0 Å². The minimum absolute atomic E-state index is 0.00288. The maximum atomic E-state index is 11.3. The lowest BCUT2D eigenvalue weighted by molar-refractivity contribution is -0.146. The number of hydrogen-bond donors (Lipinski definition) is 5. The van der Waals surface area contributed by atoms with Crippen LogP contribution >= 0.6 is 11.6 Å². The molecular weight excluding hydrogens is 1240 g/mol. The van der Waals surface area contributed by atoms with Crippen LogP contribution in [0.3, 0.4) is 0 Å². The van der Waals surface area contributed by atoms with E-state index in [9.17, 15) is 24.9 Å². The summed E-state index contributed by atoms with van der Waals surface area (Å²) in [6, 6.07) is 4.98. The monoisotopic (exact) mass is 1390 g/mol. The number of hydrogen-bond acceptors (Lipinski definition) is 7. The minimum Gasteiger partial charge on any atom is -0.481 e. The van der Waals surface area contributed by atoms with Crippen molar-refractivity contribution in [3.63, 3.8) is 0 Å². The van der Waals surface area contributed by atoms with Crippen LogP contribution in [0.25, 0.3) is 0 Å². The van der Waals surface area contributed by atoms with E-state index < -0.39 is 11.9 Å². The van der Waals surface area contributed by atoms with Crippen LogP contribution in [-0.2, 0) is 9.59 Å². The number of aliphatic hydroxyl groups is 3. The van der Waals surface area contributed by atoms with Gasteiger partial charge >= 0.3 is 11.9 Å². The van der Waals surface area contributed by atoms with Gasteiger partial charge in [-0.3, -0.25) is 9.59 Å². The molecule has 0 aromatic heterocycles. The van der Waals surface area contributed by atoms with Crippen molar-refractivity contribution in [3.8, 4) is 12.1 Å². The molecule has 0 radical (unpaired) electrons. The van der Waals surface area contributed by atoms with Crippen LogP contribution in [0.4, 0.5) is 0 Å². The summed E-state index contributed by atoms with van der Waals surface area (Å²) in [5.41, 5.74) is 0. The van der Waals surface area contributed by atoms with E-state index in [0.29, 0.717) is 71.9 Å². The van der Waals surface area contributed by atoms with Crippen LogP contribution in [0.15, 0.2) is 0 Å². The molecule has 99 heavy (non-hydrogen) atoms. The van der Waals surface area contributed by atoms with Gasteiger partial charge in [0.05, 0.1) is 30.1 Å². The summed E-state index contributed by atoms with van der Waals surface area (Å²) in [6.45, 7) is 38.7. The molecule has 0 heterocycles. The average Bonchev–Trinajstić information content (AvgIpc) is 1.54. The molecule has 20 rings (SSSR count). The number of fused-ring (bicyclic) bond motifs is 29. The Morgan fingerprint density at radius 1 is 0.313 bits per heavy atom. The molecule has 20 aliphatic rings. The molecule has 48 unspecified atom stereocenters. The number of nitrogens with zero attached hydrogens (tertiary/aromatic N) is 2. The van der Waals surface area contributed by atoms with Gasteiger partial charge in [0.2, 0.25) is 0 Å². The topological polar surface area (TPSA) is 183 Å². The van der Waals surface area contributed by atoms with E-state index in [-0.39, 0.29) is 17.9 Å². The van der Waals surface area contributed by atoms with E-state index in [1.807, 2.05) is 0 Å². The van der Waals surface area contributed by atoms with Crippen molar-refractivity contribution in [1.29, 1.82) is 10.5 Å².